The minimum atomic E-state index is -4.63. The van der Waals surface area contributed by atoms with Crippen molar-refractivity contribution in [1.82, 2.24) is 14.5 Å². The summed E-state index contributed by atoms with van der Waals surface area (Å²) in [7, 11) is -3.88. The Morgan fingerprint density at radius 1 is 1.19 bits per heavy atom. The molecule has 0 spiro atoms. The molecule has 1 atom stereocenters. The summed E-state index contributed by atoms with van der Waals surface area (Å²) in [6.45, 7) is -0.675. The van der Waals surface area contributed by atoms with Crippen LogP contribution in [0.3, 0.4) is 0 Å². The molecule has 2 fully saturated rings. The highest BCUT2D eigenvalue weighted by Crippen LogP contribution is 2.44. The number of nitrogens with zero attached hydrogens (tertiary/aromatic N) is 2. The standard InChI is InChI=1S/C10H17F3N4O3S/c11-10(12,13)9(1-2-15-7-9)8(18)16-3-5-17(6-4-16)21(14,19)20/h15H,1-7H2,(H2,14,19,20). The first kappa shape index (κ1) is 16.5. The van der Waals surface area contributed by atoms with Gasteiger partial charge in [-0.05, 0) is 13.0 Å². The van der Waals surface area contributed by atoms with Crippen molar-refractivity contribution in [3.63, 3.8) is 0 Å². The van der Waals surface area contributed by atoms with Crippen molar-refractivity contribution >= 4 is 16.1 Å². The Balaban J connectivity index is 2.11. The molecule has 7 nitrogen and oxygen atoms in total. The number of hydrogen-bond acceptors (Lipinski definition) is 4. The van der Waals surface area contributed by atoms with Crippen LogP contribution in [0.25, 0.3) is 0 Å². The van der Waals surface area contributed by atoms with Crippen LogP contribution < -0.4 is 10.5 Å². The molecule has 2 rings (SSSR count). The van der Waals surface area contributed by atoms with Gasteiger partial charge in [0.2, 0.25) is 5.91 Å². The van der Waals surface area contributed by atoms with E-state index in [2.05, 4.69) is 5.32 Å². The Labute approximate surface area is 120 Å². The summed E-state index contributed by atoms with van der Waals surface area (Å²) in [5, 5.41) is 7.53. The van der Waals surface area contributed by atoms with E-state index in [1.54, 1.807) is 0 Å². The molecule has 3 N–H and O–H groups in total. The van der Waals surface area contributed by atoms with Gasteiger partial charge in [0.15, 0.2) is 5.41 Å². The third-order valence-electron chi connectivity index (χ3n) is 3.99. The van der Waals surface area contributed by atoms with Crippen LogP contribution in [0.1, 0.15) is 6.42 Å². The first-order chi connectivity index (χ1) is 9.58. The largest absolute Gasteiger partial charge is 0.404 e. The van der Waals surface area contributed by atoms with Gasteiger partial charge in [0.1, 0.15) is 0 Å². The number of nitrogens with two attached hydrogens (primary N) is 1. The normalized spacial score (nSPS) is 28.9. The monoisotopic (exact) mass is 330 g/mol. The predicted octanol–water partition coefficient (Wildman–Crippen LogP) is -1.12. The number of piperazine rings is 1. The van der Waals surface area contributed by atoms with Crippen molar-refractivity contribution in [2.45, 2.75) is 12.6 Å². The van der Waals surface area contributed by atoms with Gasteiger partial charge >= 0.3 is 6.18 Å². The SMILES string of the molecule is NS(=O)(=O)N1CCN(C(=O)C2(C(F)(F)F)CCNC2)CC1. The van der Waals surface area contributed by atoms with Gasteiger partial charge in [-0.2, -0.15) is 25.9 Å². The second-order valence-corrected chi connectivity index (χ2v) is 6.79. The Bertz CT molecular complexity index is 508. The summed E-state index contributed by atoms with van der Waals surface area (Å²) < 4.78 is 63.1. The number of carbonyl (C=O) groups is 1. The van der Waals surface area contributed by atoms with Gasteiger partial charge in [0.05, 0.1) is 0 Å². The molecule has 11 heteroatoms. The minimum absolute atomic E-state index is 0.0902. The van der Waals surface area contributed by atoms with Crippen LogP contribution in [-0.2, 0) is 15.0 Å². The molecule has 1 unspecified atom stereocenters. The van der Waals surface area contributed by atoms with Crippen molar-refractivity contribution in [1.29, 1.82) is 0 Å². The zero-order valence-electron chi connectivity index (χ0n) is 11.2. The molecule has 122 valence electrons. The van der Waals surface area contributed by atoms with E-state index in [4.69, 9.17) is 5.14 Å². The lowest BCUT2D eigenvalue weighted by Gasteiger charge is -2.39. The maximum absolute atomic E-state index is 13.3. The van der Waals surface area contributed by atoms with Crippen molar-refractivity contribution < 1.29 is 26.4 Å². The molecule has 0 aliphatic carbocycles. The number of rotatable bonds is 2. The second-order valence-electron chi connectivity index (χ2n) is 5.24. The molecule has 0 aromatic rings. The Morgan fingerprint density at radius 2 is 1.76 bits per heavy atom. The van der Waals surface area contributed by atoms with Crippen LogP contribution in [0.15, 0.2) is 0 Å². The molecular weight excluding hydrogens is 313 g/mol. The van der Waals surface area contributed by atoms with Gasteiger partial charge in [-0.15, -0.1) is 0 Å². The molecule has 0 saturated carbocycles. The van der Waals surface area contributed by atoms with Gasteiger partial charge in [-0.1, -0.05) is 0 Å². The van der Waals surface area contributed by atoms with Crippen LogP contribution in [0.2, 0.25) is 0 Å². The molecule has 2 heterocycles. The number of halogens is 3. The fourth-order valence-electron chi connectivity index (χ4n) is 2.69. The number of carbonyl (C=O) groups excluding carboxylic acids is 1. The summed E-state index contributed by atoms with van der Waals surface area (Å²) in [5.74, 6) is -0.992. The molecule has 21 heavy (non-hydrogen) atoms. The molecule has 2 aliphatic rings. The van der Waals surface area contributed by atoms with Gasteiger partial charge < -0.3 is 10.2 Å². The molecular formula is C10H17F3N4O3S. The van der Waals surface area contributed by atoms with Crippen LogP contribution in [0.5, 0.6) is 0 Å². The third-order valence-corrected chi connectivity index (χ3v) is 5.08. The predicted molar refractivity (Wildman–Crippen MR) is 67.2 cm³/mol. The maximum Gasteiger partial charge on any atom is 0.404 e. The molecule has 0 aromatic heterocycles. The molecule has 2 aliphatic heterocycles. The lowest BCUT2D eigenvalue weighted by molar-refractivity contribution is -0.222. The van der Waals surface area contributed by atoms with Gasteiger partial charge in [-0.3, -0.25) is 4.79 Å². The van der Waals surface area contributed by atoms with Crippen LogP contribution in [0, 0.1) is 5.41 Å². The average Bonchev–Trinajstić information content (AvgIpc) is 2.87. The van der Waals surface area contributed by atoms with Crippen LogP contribution in [0.4, 0.5) is 13.2 Å². The van der Waals surface area contributed by atoms with E-state index in [9.17, 15) is 26.4 Å². The molecule has 1 amide bonds. The molecule has 0 aromatic carbocycles. The summed E-state index contributed by atoms with van der Waals surface area (Å²) in [6, 6.07) is 0. The first-order valence-electron chi connectivity index (χ1n) is 6.43. The Hall–Kier alpha value is -0.910. The van der Waals surface area contributed by atoms with Crippen molar-refractivity contribution in [3.05, 3.63) is 0 Å². The fraction of sp³-hybridized carbons (Fsp3) is 0.900. The number of alkyl halides is 3. The Kier molecular flexibility index (Phi) is 4.21. The van der Waals surface area contributed by atoms with Crippen LogP contribution in [-0.4, -0.2) is 69.0 Å². The average molecular weight is 330 g/mol. The highest BCUT2D eigenvalue weighted by atomic mass is 32.2. The lowest BCUT2D eigenvalue weighted by Crippen LogP contribution is -2.59. The smallest absolute Gasteiger partial charge is 0.339 e. The van der Waals surface area contributed by atoms with Gasteiger partial charge in [-0.25, -0.2) is 5.14 Å². The highest BCUT2D eigenvalue weighted by Gasteiger charge is 2.62. The van der Waals surface area contributed by atoms with Crippen molar-refractivity contribution in [2.24, 2.45) is 10.6 Å². The zero-order chi connectivity index (χ0) is 15.9. The van der Waals surface area contributed by atoms with E-state index in [1.165, 1.54) is 0 Å². The third kappa shape index (κ3) is 3.00. The Morgan fingerprint density at radius 3 is 2.14 bits per heavy atom. The van der Waals surface area contributed by atoms with E-state index in [0.29, 0.717) is 0 Å². The van der Waals surface area contributed by atoms with Crippen LogP contribution >= 0.6 is 0 Å². The van der Waals surface area contributed by atoms with Crippen molar-refractivity contribution in [2.75, 3.05) is 39.3 Å². The van der Waals surface area contributed by atoms with E-state index in [0.717, 1.165) is 9.21 Å². The first-order valence-corrected chi connectivity index (χ1v) is 7.93. The lowest BCUT2D eigenvalue weighted by atomic mass is 9.84. The number of hydrogen-bond donors (Lipinski definition) is 2. The summed E-state index contributed by atoms with van der Waals surface area (Å²) in [6.07, 6.45) is -4.94. The number of nitrogens with one attached hydrogen (secondary N) is 1. The quantitative estimate of drug-likeness (QED) is 0.670. The van der Waals surface area contributed by atoms with E-state index >= 15 is 0 Å². The summed E-state index contributed by atoms with van der Waals surface area (Å²) >= 11 is 0. The molecule has 0 bridgehead atoms. The van der Waals surface area contributed by atoms with Gasteiger partial charge in [0.25, 0.3) is 10.2 Å². The van der Waals surface area contributed by atoms with Crippen molar-refractivity contribution in [3.8, 4) is 0 Å². The minimum Gasteiger partial charge on any atom is -0.339 e. The maximum atomic E-state index is 13.3. The highest BCUT2D eigenvalue weighted by molar-refractivity contribution is 7.86. The number of amides is 1. The second kappa shape index (κ2) is 5.38. The van der Waals surface area contributed by atoms with E-state index in [1.807, 2.05) is 0 Å². The summed E-state index contributed by atoms with van der Waals surface area (Å²) in [5.41, 5.74) is -2.41. The van der Waals surface area contributed by atoms with E-state index < -0.39 is 34.3 Å². The van der Waals surface area contributed by atoms with Gasteiger partial charge in [0, 0.05) is 32.7 Å². The summed E-state index contributed by atoms with van der Waals surface area (Å²) in [4.78, 5) is 13.4. The topological polar surface area (TPSA) is 95.7 Å². The molecule has 0 radical (unpaired) electrons. The molecule has 2 saturated heterocycles. The fourth-order valence-corrected chi connectivity index (χ4v) is 3.36. The van der Waals surface area contributed by atoms with E-state index in [-0.39, 0.29) is 39.1 Å². The zero-order valence-corrected chi connectivity index (χ0v) is 12.0.